The van der Waals surface area contributed by atoms with Crippen molar-refractivity contribution >= 4 is 28.2 Å². The second-order valence-corrected chi connectivity index (χ2v) is 7.26. The molecule has 2 aromatic rings. The minimum atomic E-state index is -0.401. The van der Waals surface area contributed by atoms with Crippen molar-refractivity contribution < 1.29 is 28.5 Å². The highest BCUT2D eigenvalue weighted by Crippen LogP contribution is 2.41. The van der Waals surface area contributed by atoms with Crippen LogP contribution in [0.15, 0.2) is 12.1 Å². The number of benzene rings is 1. The number of anilines is 1. The van der Waals surface area contributed by atoms with E-state index in [2.05, 4.69) is 5.32 Å². The third-order valence-electron chi connectivity index (χ3n) is 4.55. The highest BCUT2D eigenvalue weighted by atomic mass is 32.1. The number of nitrogens with one attached hydrogen (secondary N) is 1. The number of carbonyl (C=O) groups excluding carboxylic acids is 2. The molecule has 1 heterocycles. The van der Waals surface area contributed by atoms with Crippen molar-refractivity contribution in [1.29, 1.82) is 0 Å². The number of amides is 1. The summed E-state index contributed by atoms with van der Waals surface area (Å²) in [7, 11) is 4.47. The highest BCUT2D eigenvalue weighted by Gasteiger charge is 2.29. The molecule has 1 aromatic carbocycles. The summed E-state index contributed by atoms with van der Waals surface area (Å²) in [5, 5.41) is 3.38. The van der Waals surface area contributed by atoms with Crippen LogP contribution in [-0.2, 0) is 17.6 Å². The van der Waals surface area contributed by atoms with E-state index >= 15 is 0 Å². The van der Waals surface area contributed by atoms with Crippen LogP contribution in [0.5, 0.6) is 17.2 Å². The molecule has 8 heteroatoms. The molecule has 0 saturated carbocycles. The summed E-state index contributed by atoms with van der Waals surface area (Å²) in [5.41, 5.74) is 1.79. The molecular formula is C20H23NO6S. The van der Waals surface area contributed by atoms with E-state index in [1.165, 1.54) is 32.7 Å². The maximum absolute atomic E-state index is 12.9. The Balaban J connectivity index is 1.95. The van der Waals surface area contributed by atoms with Gasteiger partial charge in [-0.1, -0.05) is 0 Å². The number of methoxy groups -OCH3 is 3. The Bertz CT molecular complexity index is 879. The van der Waals surface area contributed by atoms with E-state index in [9.17, 15) is 9.59 Å². The van der Waals surface area contributed by atoms with Crippen LogP contribution in [0.25, 0.3) is 0 Å². The monoisotopic (exact) mass is 405 g/mol. The van der Waals surface area contributed by atoms with Gasteiger partial charge in [0.1, 0.15) is 5.00 Å². The summed E-state index contributed by atoms with van der Waals surface area (Å²) < 4.78 is 21.1. The molecule has 1 amide bonds. The highest BCUT2D eigenvalue weighted by molar-refractivity contribution is 7.17. The average molecular weight is 405 g/mol. The SMILES string of the molecule is CCOC(=O)c1c(NC(=O)c2cc(OC)c(OC)c(OC)c2)sc2c1CCC2. The number of rotatable bonds is 7. The van der Waals surface area contributed by atoms with Gasteiger partial charge in [-0.05, 0) is 43.9 Å². The van der Waals surface area contributed by atoms with E-state index in [0.29, 0.717) is 33.4 Å². The van der Waals surface area contributed by atoms with Gasteiger partial charge in [-0.2, -0.15) is 0 Å². The molecule has 1 N–H and O–H groups in total. The van der Waals surface area contributed by atoms with Crippen LogP contribution in [-0.4, -0.2) is 39.8 Å². The van der Waals surface area contributed by atoms with Gasteiger partial charge in [0.25, 0.3) is 5.91 Å². The van der Waals surface area contributed by atoms with Crippen LogP contribution in [0.1, 0.15) is 44.5 Å². The van der Waals surface area contributed by atoms with E-state index < -0.39 is 5.97 Å². The molecule has 28 heavy (non-hydrogen) atoms. The predicted molar refractivity (Wildman–Crippen MR) is 106 cm³/mol. The number of hydrogen-bond acceptors (Lipinski definition) is 7. The molecule has 0 radical (unpaired) electrons. The van der Waals surface area contributed by atoms with Crippen molar-refractivity contribution in [3.05, 3.63) is 33.7 Å². The van der Waals surface area contributed by atoms with E-state index in [1.807, 2.05) is 0 Å². The normalized spacial score (nSPS) is 12.3. The van der Waals surface area contributed by atoms with E-state index in [4.69, 9.17) is 18.9 Å². The third kappa shape index (κ3) is 3.64. The first-order valence-electron chi connectivity index (χ1n) is 8.97. The number of hydrogen-bond donors (Lipinski definition) is 1. The lowest BCUT2D eigenvalue weighted by molar-refractivity contribution is 0.0527. The van der Waals surface area contributed by atoms with Crippen LogP contribution in [0.4, 0.5) is 5.00 Å². The summed E-state index contributed by atoms with van der Waals surface area (Å²) in [6.45, 7) is 2.04. The van der Waals surface area contributed by atoms with Crippen molar-refractivity contribution in [3.8, 4) is 17.2 Å². The Morgan fingerprint density at radius 1 is 1.07 bits per heavy atom. The van der Waals surface area contributed by atoms with Crippen molar-refractivity contribution in [1.82, 2.24) is 0 Å². The molecule has 0 atom stereocenters. The number of esters is 1. The second kappa shape index (κ2) is 8.52. The van der Waals surface area contributed by atoms with Gasteiger partial charge in [-0.15, -0.1) is 11.3 Å². The largest absolute Gasteiger partial charge is 0.493 e. The summed E-state index contributed by atoms with van der Waals surface area (Å²) >= 11 is 1.43. The average Bonchev–Trinajstić information content (AvgIpc) is 3.27. The summed E-state index contributed by atoms with van der Waals surface area (Å²) in [6.07, 6.45) is 2.74. The summed E-state index contributed by atoms with van der Waals surface area (Å²) in [4.78, 5) is 26.5. The van der Waals surface area contributed by atoms with E-state index in [-0.39, 0.29) is 12.5 Å². The Kier molecular flexibility index (Phi) is 6.08. The number of ether oxygens (including phenoxy) is 4. The van der Waals surface area contributed by atoms with Gasteiger partial charge in [0.2, 0.25) is 5.75 Å². The van der Waals surface area contributed by atoms with Gasteiger partial charge in [-0.3, -0.25) is 4.79 Å². The van der Waals surface area contributed by atoms with Crippen LogP contribution >= 0.6 is 11.3 Å². The lowest BCUT2D eigenvalue weighted by atomic mass is 10.1. The first-order chi connectivity index (χ1) is 13.5. The number of thiophene rings is 1. The van der Waals surface area contributed by atoms with Gasteiger partial charge >= 0.3 is 5.97 Å². The smallest absolute Gasteiger partial charge is 0.341 e. The quantitative estimate of drug-likeness (QED) is 0.708. The van der Waals surface area contributed by atoms with Crippen LogP contribution in [0, 0.1) is 0 Å². The lowest BCUT2D eigenvalue weighted by Crippen LogP contribution is -2.15. The Morgan fingerprint density at radius 2 is 1.75 bits per heavy atom. The molecular weight excluding hydrogens is 382 g/mol. The molecule has 3 rings (SSSR count). The topological polar surface area (TPSA) is 83.1 Å². The number of aryl methyl sites for hydroxylation is 1. The summed E-state index contributed by atoms with van der Waals surface area (Å²) in [6, 6.07) is 3.14. The maximum atomic E-state index is 12.9. The third-order valence-corrected chi connectivity index (χ3v) is 5.76. The standard InChI is InChI=1S/C20H23NO6S/c1-5-27-20(23)16-12-7-6-8-15(12)28-19(16)21-18(22)11-9-13(24-2)17(26-4)14(10-11)25-3/h9-10H,5-8H2,1-4H3,(H,21,22). The molecule has 150 valence electrons. The molecule has 0 fully saturated rings. The maximum Gasteiger partial charge on any atom is 0.341 e. The number of carbonyl (C=O) groups is 2. The van der Waals surface area contributed by atoms with Gasteiger partial charge in [0, 0.05) is 10.4 Å². The molecule has 0 saturated heterocycles. The zero-order valence-corrected chi connectivity index (χ0v) is 17.2. The van der Waals surface area contributed by atoms with Gasteiger partial charge in [0.15, 0.2) is 11.5 Å². The van der Waals surface area contributed by atoms with Gasteiger partial charge in [0.05, 0.1) is 33.5 Å². The van der Waals surface area contributed by atoms with E-state index in [1.54, 1.807) is 19.1 Å². The van der Waals surface area contributed by atoms with Crippen molar-refractivity contribution in [2.24, 2.45) is 0 Å². The zero-order valence-electron chi connectivity index (χ0n) is 16.3. The fraction of sp³-hybridized carbons (Fsp3) is 0.400. The van der Waals surface area contributed by atoms with Crippen LogP contribution < -0.4 is 19.5 Å². The van der Waals surface area contributed by atoms with Crippen molar-refractivity contribution in [3.63, 3.8) is 0 Å². The van der Waals surface area contributed by atoms with E-state index in [0.717, 1.165) is 29.7 Å². The molecule has 1 aliphatic rings. The predicted octanol–water partition coefficient (Wildman–Crippen LogP) is 3.69. The van der Waals surface area contributed by atoms with Crippen molar-refractivity contribution in [2.45, 2.75) is 26.2 Å². The fourth-order valence-electron chi connectivity index (χ4n) is 3.30. The molecule has 1 aromatic heterocycles. The Labute approximate surface area is 167 Å². The van der Waals surface area contributed by atoms with Crippen molar-refractivity contribution in [2.75, 3.05) is 33.3 Å². The first kappa shape index (κ1) is 20.0. The molecule has 1 aliphatic carbocycles. The van der Waals surface area contributed by atoms with Gasteiger partial charge < -0.3 is 24.3 Å². The first-order valence-corrected chi connectivity index (χ1v) is 9.78. The Hall–Kier alpha value is -2.74. The molecule has 0 aliphatic heterocycles. The zero-order chi connectivity index (χ0) is 20.3. The molecule has 0 bridgehead atoms. The van der Waals surface area contributed by atoms with Gasteiger partial charge in [-0.25, -0.2) is 4.79 Å². The minimum absolute atomic E-state index is 0.281. The molecule has 7 nitrogen and oxygen atoms in total. The molecule has 0 unspecified atom stereocenters. The summed E-state index contributed by atoms with van der Waals surface area (Å²) in [5.74, 6) is 0.397. The Morgan fingerprint density at radius 3 is 2.32 bits per heavy atom. The minimum Gasteiger partial charge on any atom is -0.493 e. The van der Waals surface area contributed by atoms with Crippen LogP contribution in [0.3, 0.4) is 0 Å². The second-order valence-electron chi connectivity index (χ2n) is 6.15. The fourth-order valence-corrected chi connectivity index (χ4v) is 4.57. The number of fused-ring (bicyclic) bond motifs is 1. The van der Waals surface area contributed by atoms with Crippen LogP contribution in [0.2, 0.25) is 0 Å². The lowest BCUT2D eigenvalue weighted by Gasteiger charge is -2.14. The molecule has 0 spiro atoms.